The summed E-state index contributed by atoms with van der Waals surface area (Å²) >= 11 is 0. The first kappa shape index (κ1) is 18.4. The molecule has 0 radical (unpaired) electrons. The Labute approximate surface area is 157 Å². The molecule has 2 aromatic heterocycles. The molecule has 1 amide bonds. The number of guanidine groups is 1. The molecule has 3 rings (SSSR count). The van der Waals surface area contributed by atoms with Gasteiger partial charge in [0.15, 0.2) is 11.7 Å². The van der Waals surface area contributed by atoms with Crippen molar-refractivity contribution in [2.45, 2.75) is 6.54 Å². The monoisotopic (exact) mass is 366 g/mol. The van der Waals surface area contributed by atoms with Gasteiger partial charge in [-0.25, -0.2) is 4.98 Å². The molecule has 27 heavy (non-hydrogen) atoms. The lowest BCUT2D eigenvalue weighted by Gasteiger charge is -2.13. The summed E-state index contributed by atoms with van der Waals surface area (Å²) in [6.45, 7) is 0.779. The van der Waals surface area contributed by atoms with E-state index in [1.54, 1.807) is 12.3 Å². The zero-order valence-electron chi connectivity index (χ0n) is 15.5. The molecule has 0 bridgehead atoms. The Balaban J connectivity index is 1.92. The predicted octanol–water partition coefficient (Wildman–Crippen LogP) is 2.38. The van der Waals surface area contributed by atoms with Crippen LogP contribution in [0.25, 0.3) is 10.9 Å². The van der Waals surface area contributed by atoms with Crippen molar-refractivity contribution in [2.75, 3.05) is 21.1 Å². The molecular weight excluding hydrogens is 344 g/mol. The fourth-order valence-electron chi connectivity index (χ4n) is 2.70. The van der Waals surface area contributed by atoms with Crippen LogP contribution in [-0.4, -0.2) is 52.8 Å². The largest absolute Gasteiger partial charge is 0.437 e. The highest BCUT2D eigenvalue weighted by Crippen LogP contribution is 2.29. The van der Waals surface area contributed by atoms with Gasteiger partial charge in [-0.15, -0.1) is 0 Å². The zero-order valence-corrected chi connectivity index (χ0v) is 15.5. The molecule has 4 N–H and O–H groups in total. The maximum absolute atomic E-state index is 12.4. The number of nitrogens with zero attached hydrogens (tertiary/aromatic N) is 3. The number of aromatic amines is 1. The Kier molecular flexibility index (Phi) is 5.09. The van der Waals surface area contributed by atoms with Crippen molar-refractivity contribution in [3.05, 3.63) is 53.9 Å². The van der Waals surface area contributed by atoms with E-state index in [0.29, 0.717) is 22.8 Å². The van der Waals surface area contributed by atoms with Crippen LogP contribution in [0.5, 0.6) is 11.6 Å². The minimum atomic E-state index is -0.393. The number of fused-ring (bicyclic) bond motifs is 1. The molecular formula is C19H22N6O2. The van der Waals surface area contributed by atoms with Gasteiger partial charge in [0.1, 0.15) is 5.69 Å². The van der Waals surface area contributed by atoms with Crippen LogP contribution in [0.1, 0.15) is 16.1 Å². The van der Waals surface area contributed by atoms with Crippen LogP contribution < -0.4 is 10.5 Å². The van der Waals surface area contributed by atoms with Crippen molar-refractivity contribution < 1.29 is 9.53 Å². The van der Waals surface area contributed by atoms with Gasteiger partial charge in [0.05, 0.1) is 5.52 Å². The van der Waals surface area contributed by atoms with Crippen LogP contribution >= 0.6 is 0 Å². The molecule has 0 fully saturated rings. The lowest BCUT2D eigenvalue weighted by molar-refractivity contribution is 0.0864. The van der Waals surface area contributed by atoms with Crippen molar-refractivity contribution in [2.24, 2.45) is 5.73 Å². The number of benzene rings is 1. The second kappa shape index (κ2) is 7.46. The highest BCUT2D eigenvalue weighted by molar-refractivity contribution is 6.06. The minimum absolute atomic E-state index is 0.322. The summed E-state index contributed by atoms with van der Waals surface area (Å²) < 4.78 is 5.96. The normalized spacial score (nSPS) is 11.0. The summed E-state index contributed by atoms with van der Waals surface area (Å²) in [5.74, 6) is 0.324. The Bertz CT molecular complexity index is 995. The van der Waals surface area contributed by atoms with Crippen molar-refractivity contribution in [3.8, 4) is 11.6 Å². The number of aromatic nitrogens is 2. The van der Waals surface area contributed by atoms with Gasteiger partial charge in [-0.05, 0) is 37.9 Å². The maximum Gasteiger partial charge on any atom is 0.276 e. The standard InChI is InChI=1S/C19H22N6O2/c1-24(2)11-12-7-8-22-16(9-12)27-15-6-4-5-13-10-14(23-17(13)15)18(26)25(3)19(20)21/h4-10,23H,11H2,1-3H3,(H3,20,21). The summed E-state index contributed by atoms with van der Waals surface area (Å²) in [5.41, 5.74) is 7.48. The molecule has 2 heterocycles. The average molecular weight is 366 g/mol. The highest BCUT2D eigenvalue weighted by atomic mass is 16.5. The molecule has 8 nitrogen and oxygen atoms in total. The summed E-state index contributed by atoms with van der Waals surface area (Å²) in [6, 6.07) is 11.1. The van der Waals surface area contributed by atoms with E-state index >= 15 is 0 Å². The fraction of sp³-hybridized carbons (Fsp3) is 0.211. The summed E-state index contributed by atoms with van der Waals surface area (Å²) in [7, 11) is 5.45. The summed E-state index contributed by atoms with van der Waals surface area (Å²) in [4.78, 5) is 22.8. The van der Waals surface area contributed by atoms with Crippen molar-refractivity contribution in [3.63, 3.8) is 0 Å². The van der Waals surface area contributed by atoms with E-state index in [2.05, 4.69) is 14.9 Å². The van der Waals surface area contributed by atoms with E-state index in [-0.39, 0.29) is 5.96 Å². The van der Waals surface area contributed by atoms with E-state index in [1.165, 1.54) is 7.05 Å². The molecule has 8 heteroatoms. The number of hydrogen-bond acceptors (Lipinski definition) is 5. The van der Waals surface area contributed by atoms with E-state index in [0.717, 1.165) is 22.4 Å². The van der Waals surface area contributed by atoms with Crippen LogP contribution in [-0.2, 0) is 6.54 Å². The number of H-pyrrole nitrogens is 1. The number of nitrogens with two attached hydrogens (primary N) is 1. The average Bonchev–Trinajstić information content (AvgIpc) is 3.05. The van der Waals surface area contributed by atoms with Gasteiger partial charge in [-0.1, -0.05) is 12.1 Å². The topological polar surface area (TPSA) is 111 Å². The van der Waals surface area contributed by atoms with Crippen LogP contribution in [0, 0.1) is 5.41 Å². The zero-order chi connectivity index (χ0) is 19.6. The van der Waals surface area contributed by atoms with Crippen LogP contribution in [0.3, 0.4) is 0 Å². The second-order valence-corrected chi connectivity index (χ2v) is 6.49. The highest BCUT2D eigenvalue weighted by Gasteiger charge is 2.18. The lowest BCUT2D eigenvalue weighted by Crippen LogP contribution is -2.38. The molecule has 1 aromatic carbocycles. The second-order valence-electron chi connectivity index (χ2n) is 6.49. The number of ether oxygens (including phenoxy) is 1. The first-order valence-electron chi connectivity index (χ1n) is 8.36. The number of rotatable bonds is 5. The van der Waals surface area contributed by atoms with Crippen LogP contribution in [0.15, 0.2) is 42.6 Å². The van der Waals surface area contributed by atoms with Crippen molar-refractivity contribution in [1.82, 2.24) is 19.8 Å². The van der Waals surface area contributed by atoms with Gasteiger partial charge in [0.25, 0.3) is 5.91 Å². The third kappa shape index (κ3) is 4.06. The Hall–Kier alpha value is -3.39. The number of nitrogens with one attached hydrogen (secondary N) is 2. The summed E-state index contributed by atoms with van der Waals surface area (Å²) in [6.07, 6.45) is 1.71. The van der Waals surface area contributed by atoms with Crippen LogP contribution in [0.4, 0.5) is 0 Å². The SMILES string of the molecule is CN(C)Cc1ccnc(Oc2cccc3cc(C(=O)N(C)C(=N)N)[nH]c23)c1. The van der Waals surface area contributed by atoms with Gasteiger partial charge in [0.2, 0.25) is 5.88 Å². The first-order chi connectivity index (χ1) is 12.8. The van der Waals surface area contributed by atoms with Crippen molar-refractivity contribution >= 4 is 22.8 Å². The Morgan fingerprint density at radius 1 is 1.26 bits per heavy atom. The van der Waals surface area contributed by atoms with Crippen LogP contribution in [0.2, 0.25) is 0 Å². The molecule has 0 unspecified atom stereocenters. The van der Waals surface area contributed by atoms with Gasteiger partial charge >= 0.3 is 0 Å². The maximum atomic E-state index is 12.4. The molecule has 0 aliphatic carbocycles. The number of carbonyl (C=O) groups excluding carboxylic acids is 1. The molecule has 140 valence electrons. The Morgan fingerprint density at radius 3 is 2.74 bits per heavy atom. The number of para-hydroxylation sites is 1. The van der Waals surface area contributed by atoms with Gasteiger partial charge < -0.3 is 20.4 Å². The third-order valence-electron chi connectivity index (χ3n) is 4.03. The quantitative estimate of drug-likeness (QED) is 0.474. The molecule has 0 saturated heterocycles. The van der Waals surface area contributed by atoms with E-state index in [1.807, 2.05) is 44.4 Å². The minimum Gasteiger partial charge on any atom is -0.437 e. The molecule has 3 aromatic rings. The van der Waals surface area contributed by atoms with Gasteiger partial charge in [-0.3, -0.25) is 15.1 Å². The number of hydrogen-bond donors (Lipinski definition) is 3. The fourth-order valence-corrected chi connectivity index (χ4v) is 2.70. The number of amides is 1. The number of carbonyl (C=O) groups is 1. The van der Waals surface area contributed by atoms with Gasteiger partial charge in [-0.2, -0.15) is 0 Å². The summed E-state index contributed by atoms with van der Waals surface area (Å²) in [5, 5.41) is 8.22. The van der Waals surface area contributed by atoms with E-state index in [4.69, 9.17) is 15.9 Å². The molecule has 0 saturated carbocycles. The molecule has 0 spiro atoms. The predicted molar refractivity (Wildman–Crippen MR) is 104 cm³/mol. The molecule has 0 aliphatic rings. The first-order valence-corrected chi connectivity index (χ1v) is 8.36. The lowest BCUT2D eigenvalue weighted by atomic mass is 10.2. The number of pyridine rings is 1. The smallest absolute Gasteiger partial charge is 0.276 e. The Morgan fingerprint density at radius 2 is 2.04 bits per heavy atom. The van der Waals surface area contributed by atoms with E-state index in [9.17, 15) is 4.79 Å². The van der Waals surface area contributed by atoms with Gasteiger partial charge in [0, 0.05) is 31.2 Å². The molecule has 0 atom stereocenters. The molecule has 0 aliphatic heterocycles. The van der Waals surface area contributed by atoms with Crippen molar-refractivity contribution in [1.29, 1.82) is 5.41 Å². The van der Waals surface area contributed by atoms with E-state index < -0.39 is 5.91 Å². The third-order valence-corrected chi connectivity index (χ3v) is 4.03.